The van der Waals surface area contributed by atoms with E-state index in [-0.39, 0.29) is 0 Å². The molecule has 1 aliphatic heterocycles. The Hall–Kier alpha value is -1.02. The van der Waals surface area contributed by atoms with Crippen molar-refractivity contribution in [3.05, 3.63) is 29.8 Å². The minimum absolute atomic E-state index is 0.309. The zero-order chi connectivity index (χ0) is 13.7. The van der Waals surface area contributed by atoms with Crippen LogP contribution in [0.3, 0.4) is 0 Å². The summed E-state index contributed by atoms with van der Waals surface area (Å²) in [6.07, 6.45) is 5.09. The molecule has 0 amide bonds. The minimum atomic E-state index is 0.309. The third kappa shape index (κ3) is 3.97. The molecule has 1 aliphatic rings. The molecule has 0 bridgehead atoms. The Labute approximate surface area is 117 Å². The number of hydrogen-bond donors (Lipinski definition) is 1. The van der Waals surface area contributed by atoms with Gasteiger partial charge >= 0.3 is 0 Å². The molecule has 3 atom stereocenters. The van der Waals surface area contributed by atoms with Crippen LogP contribution in [0.25, 0.3) is 0 Å². The van der Waals surface area contributed by atoms with Crippen molar-refractivity contribution < 1.29 is 4.74 Å². The van der Waals surface area contributed by atoms with Crippen molar-refractivity contribution in [3.63, 3.8) is 0 Å². The van der Waals surface area contributed by atoms with Gasteiger partial charge in [0.1, 0.15) is 11.9 Å². The number of nitrogens with one attached hydrogen (secondary N) is 1. The third-order valence-corrected chi connectivity index (χ3v) is 4.22. The molecule has 0 saturated heterocycles. The van der Waals surface area contributed by atoms with Crippen LogP contribution in [0.1, 0.15) is 45.6 Å². The molecule has 1 aromatic rings. The zero-order valence-electron chi connectivity index (χ0n) is 12.5. The average molecular weight is 261 g/mol. The van der Waals surface area contributed by atoms with Crippen molar-refractivity contribution in [2.75, 3.05) is 6.54 Å². The fourth-order valence-electron chi connectivity index (χ4n) is 2.71. The van der Waals surface area contributed by atoms with Crippen LogP contribution in [0, 0.1) is 5.92 Å². The van der Waals surface area contributed by atoms with Gasteiger partial charge in [-0.15, -0.1) is 0 Å². The predicted molar refractivity (Wildman–Crippen MR) is 80.7 cm³/mol. The number of ether oxygens (including phenoxy) is 1. The molecule has 0 radical (unpaired) electrons. The van der Waals surface area contributed by atoms with Crippen LogP contribution in [0.2, 0.25) is 0 Å². The molecular formula is C17H27NO. The molecule has 1 N–H and O–H groups in total. The monoisotopic (exact) mass is 261 g/mol. The van der Waals surface area contributed by atoms with Crippen LogP contribution < -0.4 is 10.1 Å². The van der Waals surface area contributed by atoms with Crippen molar-refractivity contribution >= 4 is 0 Å². The van der Waals surface area contributed by atoms with Gasteiger partial charge in [0.05, 0.1) is 0 Å². The molecule has 2 rings (SSSR count). The average Bonchev–Trinajstić information content (AvgIpc) is 2.85. The lowest BCUT2D eigenvalue weighted by Crippen LogP contribution is -2.38. The summed E-state index contributed by atoms with van der Waals surface area (Å²) in [6.45, 7) is 7.84. The fraction of sp³-hybridized carbons (Fsp3) is 0.647. The molecular weight excluding hydrogens is 234 g/mol. The second-order valence-electron chi connectivity index (χ2n) is 5.81. The van der Waals surface area contributed by atoms with Gasteiger partial charge in [-0.1, -0.05) is 45.4 Å². The summed E-state index contributed by atoms with van der Waals surface area (Å²) in [5.41, 5.74) is 1.35. The second-order valence-corrected chi connectivity index (χ2v) is 5.81. The van der Waals surface area contributed by atoms with Crippen molar-refractivity contribution in [2.24, 2.45) is 5.92 Å². The van der Waals surface area contributed by atoms with Crippen LogP contribution >= 0.6 is 0 Å². The molecule has 0 aliphatic carbocycles. The number of hydrogen-bond acceptors (Lipinski definition) is 2. The number of benzene rings is 1. The van der Waals surface area contributed by atoms with E-state index in [1.54, 1.807) is 0 Å². The Balaban J connectivity index is 1.77. The highest BCUT2D eigenvalue weighted by molar-refractivity contribution is 5.37. The highest BCUT2D eigenvalue weighted by atomic mass is 16.5. The Kier molecular flexibility index (Phi) is 5.26. The quantitative estimate of drug-likeness (QED) is 0.806. The molecule has 2 heteroatoms. The van der Waals surface area contributed by atoms with E-state index in [1.807, 2.05) is 6.07 Å². The highest BCUT2D eigenvalue weighted by Gasteiger charge is 2.22. The standard InChI is InChI=1S/C17H27NO/c1-4-13(3)10-15(5-2)18-12-16-11-14-8-6-7-9-17(14)19-16/h6-9,13,15-16,18H,4-5,10-12H2,1-3H3. The van der Waals surface area contributed by atoms with E-state index in [0.29, 0.717) is 12.1 Å². The van der Waals surface area contributed by atoms with Crippen LogP contribution in [0.15, 0.2) is 24.3 Å². The van der Waals surface area contributed by atoms with Crippen molar-refractivity contribution in [3.8, 4) is 5.75 Å². The minimum Gasteiger partial charge on any atom is -0.488 e. The van der Waals surface area contributed by atoms with E-state index in [2.05, 4.69) is 44.3 Å². The van der Waals surface area contributed by atoms with Crippen molar-refractivity contribution in [1.29, 1.82) is 0 Å². The molecule has 106 valence electrons. The van der Waals surface area contributed by atoms with E-state index in [1.165, 1.54) is 24.8 Å². The number of fused-ring (bicyclic) bond motifs is 1. The summed E-state index contributed by atoms with van der Waals surface area (Å²) in [4.78, 5) is 0. The van der Waals surface area contributed by atoms with E-state index in [0.717, 1.165) is 24.6 Å². The largest absolute Gasteiger partial charge is 0.488 e. The number of para-hydroxylation sites is 1. The van der Waals surface area contributed by atoms with Crippen LogP contribution in [0.5, 0.6) is 5.75 Å². The zero-order valence-corrected chi connectivity index (χ0v) is 12.5. The Morgan fingerprint density at radius 1 is 1.26 bits per heavy atom. The van der Waals surface area contributed by atoms with Gasteiger partial charge in [-0.3, -0.25) is 0 Å². The molecule has 19 heavy (non-hydrogen) atoms. The molecule has 0 spiro atoms. The van der Waals surface area contributed by atoms with Gasteiger partial charge in [-0.2, -0.15) is 0 Å². The summed E-state index contributed by atoms with van der Waals surface area (Å²) < 4.78 is 5.97. The van der Waals surface area contributed by atoms with Gasteiger partial charge in [-0.25, -0.2) is 0 Å². The molecule has 0 saturated carbocycles. The molecule has 3 unspecified atom stereocenters. The first-order valence-corrected chi connectivity index (χ1v) is 7.70. The van der Waals surface area contributed by atoms with Gasteiger partial charge in [0.15, 0.2) is 0 Å². The first-order valence-electron chi connectivity index (χ1n) is 7.70. The summed E-state index contributed by atoms with van der Waals surface area (Å²) in [7, 11) is 0. The third-order valence-electron chi connectivity index (χ3n) is 4.22. The maximum Gasteiger partial charge on any atom is 0.123 e. The molecule has 0 fully saturated rings. The van der Waals surface area contributed by atoms with Gasteiger partial charge in [-0.05, 0) is 30.4 Å². The fourth-order valence-corrected chi connectivity index (χ4v) is 2.71. The lowest BCUT2D eigenvalue weighted by molar-refractivity contribution is 0.216. The highest BCUT2D eigenvalue weighted by Crippen LogP contribution is 2.27. The molecule has 1 aromatic carbocycles. The first-order chi connectivity index (χ1) is 9.22. The van der Waals surface area contributed by atoms with E-state index in [4.69, 9.17) is 4.74 Å². The second kappa shape index (κ2) is 6.95. The maximum absolute atomic E-state index is 5.97. The summed E-state index contributed by atoms with van der Waals surface area (Å²) in [6, 6.07) is 9.02. The van der Waals surface area contributed by atoms with E-state index >= 15 is 0 Å². The Bertz CT molecular complexity index is 366. The normalized spacial score (nSPS) is 20.7. The Morgan fingerprint density at radius 3 is 2.74 bits per heavy atom. The molecule has 0 aromatic heterocycles. The topological polar surface area (TPSA) is 21.3 Å². The summed E-state index contributed by atoms with van der Waals surface area (Å²) in [5, 5.41) is 3.69. The van der Waals surface area contributed by atoms with Crippen molar-refractivity contribution in [2.45, 2.75) is 58.6 Å². The van der Waals surface area contributed by atoms with Crippen LogP contribution in [-0.4, -0.2) is 18.7 Å². The summed E-state index contributed by atoms with van der Waals surface area (Å²) >= 11 is 0. The predicted octanol–water partition coefficient (Wildman–Crippen LogP) is 3.79. The van der Waals surface area contributed by atoms with Gasteiger partial charge in [0.2, 0.25) is 0 Å². The maximum atomic E-state index is 5.97. The first kappa shape index (κ1) is 14.4. The lowest BCUT2D eigenvalue weighted by atomic mass is 9.97. The molecule has 2 nitrogen and oxygen atoms in total. The van der Waals surface area contributed by atoms with E-state index < -0.39 is 0 Å². The molecule has 1 heterocycles. The van der Waals surface area contributed by atoms with E-state index in [9.17, 15) is 0 Å². The van der Waals surface area contributed by atoms with Crippen molar-refractivity contribution in [1.82, 2.24) is 5.32 Å². The lowest BCUT2D eigenvalue weighted by Gasteiger charge is -2.22. The Morgan fingerprint density at radius 2 is 2.05 bits per heavy atom. The summed E-state index contributed by atoms with van der Waals surface area (Å²) in [5.74, 6) is 1.88. The van der Waals surface area contributed by atoms with Gasteiger partial charge in [0.25, 0.3) is 0 Å². The SMILES string of the molecule is CCC(C)CC(CC)NCC1Cc2ccccc2O1. The van der Waals surface area contributed by atoms with Gasteiger partial charge in [0, 0.05) is 19.0 Å². The van der Waals surface area contributed by atoms with Crippen LogP contribution in [0.4, 0.5) is 0 Å². The number of rotatable bonds is 7. The van der Waals surface area contributed by atoms with Gasteiger partial charge < -0.3 is 10.1 Å². The van der Waals surface area contributed by atoms with Crippen LogP contribution in [-0.2, 0) is 6.42 Å². The smallest absolute Gasteiger partial charge is 0.123 e.